The first kappa shape index (κ1) is 22.5. The highest BCUT2D eigenvalue weighted by Gasteiger charge is 2.46. The number of ether oxygens (including phenoxy) is 1. The molecule has 0 saturated carbocycles. The lowest BCUT2D eigenvalue weighted by atomic mass is 9.82. The Kier molecular flexibility index (Phi) is 8.57. The summed E-state index contributed by atoms with van der Waals surface area (Å²) < 4.78 is 5.90. The molecule has 0 saturated heterocycles. The third kappa shape index (κ3) is 5.61. The zero-order valence-corrected chi connectivity index (χ0v) is 16.1. The van der Waals surface area contributed by atoms with Gasteiger partial charge in [-0.2, -0.15) is 0 Å². The maximum atomic E-state index is 10.8. The van der Waals surface area contributed by atoms with Gasteiger partial charge in [0.2, 0.25) is 0 Å². The zero-order valence-electron chi connectivity index (χ0n) is 16.1. The van der Waals surface area contributed by atoms with Crippen LogP contribution in [0, 0.1) is 0 Å². The van der Waals surface area contributed by atoms with E-state index >= 15 is 0 Å². The number of hydrogen-bond acceptors (Lipinski definition) is 6. The largest absolute Gasteiger partial charge is 0.394 e. The van der Waals surface area contributed by atoms with Crippen LogP contribution in [0.15, 0.2) is 60.7 Å². The summed E-state index contributed by atoms with van der Waals surface area (Å²) in [5.41, 5.74) is -0.253. The van der Waals surface area contributed by atoms with Crippen LogP contribution >= 0.6 is 0 Å². The molecule has 6 nitrogen and oxygen atoms in total. The molecule has 5 atom stereocenters. The number of aliphatic hydroxyl groups is 5. The van der Waals surface area contributed by atoms with Gasteiger partial charge in [0.05, 0.1) is 19.3 Å². The summed E-state index contributed by atoms with van der Waals surface area (Å²) in [4.78, 5) is 0. The van der Waals surface area contributed by atoms with Crippen LogP contribution in [0.1, 0.15) is 24.5 Å². The summed E-state index contributed by atoms with van der Waals surface area (Å²) in [7, 11) is 0. The van der Waals surface area contributed by atoms with Crippen LogP contribution in [0.25, 0.3) is 0 Å². The van der Waals surface area contributed by atoms with Gasteiger partial charge < -0.3 is 30.3 Å². The van der Waals surface area contributed by atoms with E-state index < -0.39 is 36.6 Å². The van der Waals surface area contributed by atoms with Crippen molar-refractivity contribution in [3.8, 4) is 0 Å². The Morgan fingerprint density at radius 3 is 1.93 bits per heavy atom. The topological polar surface area (TPSA) is 110 Å². The maximum absolute atomic E-state index is 10.8. The summed E-state index contributed by atoms with van der Waals surface area (Å²) in [5, 5.41) is 51.3. The van der Waals surface area contributed by atoms with Gasteiger partial charge in [-0.15, -0.1) is 0 Å². The van der Waals surface area contributed by atoms with Crippen LogP contribution in [0.5, 0.6) is 0 Å². The molecule has 0 fully saturated rings. The van der Waals surface area contributed by atoms with Crippen LogP contribution in [-0.2, 0) is 17.8 Å². The minimum Gasteiger partial charge on any atom is -0.394 e. The van der Waals surface area contributed by atoms with Gasteiger partial charge in [-0.25, -0.2) is 0 Å². The second-order valence-electron chi connectivity index (χ2n) is 7.00. The quantitative estimate of drug-likeness (QED) is 0.392. The van der Waals surface area contributed by atoms with E-state index in [1.165, 1.54) is 0 Å². The fraction of sp³-hybridized carbons (Fsp3) is 0.455. The summed E-state index contributed by atoms with van der Waals surface area (Å²) in [6, 6.07) is 18.8. The Morgan fingerprint density at radius 1 is 0.893 bits per heavy atom. The van der Waals surface area contributed by atoms with Crippen molar-refractivity contribution in [3.05, 3.63) is 71.8 Å². The standard InChI is InChI=1S/C22H30O6/c1-2-22(27,19(24)14-23)21(26)20(25)18(13-16-9-5-3-6-10-16)28-15-17-11-7-4-8-12-17/h3-12,18-21,23-27H,2,13-15H2,1H3. The van der Waals surface area contributed by atoms with Crippen LogP contribution in [0.2, 0.25) is 0 Å². The molecule has 28 heavy (non-hydrogen) atoms. The van der Waals surface area contributed by atoms with Gasteiger partial charge in [-0.1, -0.05) is 67.6 Å². The van der Waals surface area contributed by atoms with E-state index in [4.69, 9.17) is 4.74 Å². The monoisotopic (exact) mass is 390 g/mol. The van der Waals surface area contributed by atoms with Gasteiger partial charge >= 0.3 is 0 Å². The van der Waals surface area contributed by atoms with Crippen LogP contribution in [0.4, 0.5) is 0 Å². The molecule has 5 unspecified atom stereocenters. The average Bonchev–Trinajstić information content (AvgIpc) is 2.75. The minimum atomic E-state index is -2.06. The van der Waals surface area contributed by atoms with E-state index in [9.17, 15) is 25.5 Å². The maximum Gasteiger partial charge on any atom is 0.121 e. The molecule has 2 aromatic carbocycles. The lowest BCUT2D eigenvalue weighted by molar-refractivity contribution is -0.206. The highest BCUT2D eigenvalue weighted by Crippen LogP contribution is 2.26. The van der Waals surface area contributed by atoms with Crippen molar-refractivity contribution in [1.29, 1.82) is 0 Å². The Hall–Kier alpha value is -1.80. The molecule has 154 valence electrons. The smallest absolute Gasteiger partial charge is 0.121 e. The van der Waals surface area contributed by atoms with Crippen molar-refractivity contribution >= 4 is 0 Å². The highest BCUT2D eigenvalue weighted by atomic mass is 16.5. The fourth-order valence-corrected chi connectivity index (χ4v) is 3.20. The number of hydrogen-bond donors (Lipinski definition) is 5. The van der Waals surface area contributed by atoms with Crippen molar-refractivity contribution < 1.29 is 30.3 Å². The molecule has 0 aliphatic carbocycles. The second-order valence-corrected chi connectivity index (χ2v) is 7.00. The number of rotatable bonds is 11. The van der Waals surface area contributed by atoms with Crippen molar-refractivity contribution in [1.82, 2.24) is 0 Å². The van der Waals surface area contributed by atoms with E-state index in [1.807, 2.05) is 60.7 Å². The lowest BCUT2D eigenvalue weighted by Gasteiger charge is -2.40. The van der Waals surface area contributed by atoms with Gasteiger partial charge in [0.15, 0.2) is 0 Å². The van der Waals surface area contributed by atoms with Crippen LogP contribution in [0.3, 0.4) is 0 Å². The van der Waals surface area contributed by atoms with E-state index in [2.05, 4.69) is 0 Å². The van der Waals surface area contributed by atoms with Gasteiger partial charge in [-0.3, -0.25) is 0 Å². The Bertz CT molecular complexity index is 680. The van der Waals surface area contributed by atoms with Crippen molar-refractivity contribution in [3.63, 3.8) is 0 Å². The fourth-order valence-electron chi connectivity index (χ4n) is 3.20. The lowest BCUT2D eigenvalue weighted by Crippen LogP contribution is -2.60. The number of benzene rings is 2. The van der Waals surface area contributed by atoms with Crippen LogP contribution < -0.4 is 0 Å². The second kappa shape index (κ2) is 10.7. The molecule has 0 spiro atoms. The molecular weight excluding hydrogens is 360 g/mol. The first-order valence-corrected chi connectivity index (χ1v) is 9.49. The molecule has 0 bridgehead atoms. The van der Waals surface area contributed by atoms with Crippen LogP contribution in [-0.4, -0.2) is 62.2 Å². The van der Waals surface area contributed by atoms with Gasteiger partial charge in [0, 0.05) is 6.42 Å². The molecule has 0 aliphatic heterocycles. The summed E-state index contributed by atoms with van der Waals surface area (Å²) in [5.74, 6) is 0. The Labute approximate surface area is 165 Å². The minimum absolute atomic E-state index is 0.0519. The summed E-state index contributed by atoms with van der Waals surface area (Å²) >= 11 is 0. The molecule has 2 rings (SSSR count). The molecule has 0 heterocycles. The molecule has 0 radical (unpaired) electrons. The molecule has 5 N–H and O–H groups in total. The van der Waals surface area contributed by atoms with Gasteiger partial charge in [0.1, 0.15) is 23.9 Å². The van der Waals surface area contributed by atoms with E-state index in [1.54, 1.807) is 6.92 Å². The van der Waals surface area contributed by atoms with Crippen molar-refractivity contribution in [2.45, 2.75) is 56.4 Å². The first-order valence-electron chi connectivity index (χ1n) is 9.49. The normalized spacial score (nSPS) is 18.1. The summed E-state index contributed by atoms with van der Waals surface area (Å²) in [6.07, 6.45) is -5.35. The molecular formula is C22H30O6. The molecule has 2 aromatic rings. The van der Waals surface area contributed by atoms with E-state index in [-0.39, 0.29) is 13.0 Å². The third-order valence-electron chi connectivity index (χ3n) is 5.12. The zero-order chi connectivity index (χ0) is 20.6. The highest BCUT2D eigenvalue weighted by molar-refractivity contribution is 5.17. The average molecular weight is 390 g/mol. The van der Waals surface area contributed by atoms with Crippen molar-refractivity contribution in [2.24, 2.45) is 0 Å². The first-order chi connectivity index (χ1) is 13.4. The molecule has 6 heteroatoms. The van der Waals surface area contributed by atoms with E-state index in [0.29, 0.717) is 6.42 Å². The van der Waals surface area contributed by atoms with Crippen molar-refractivity contribution in [2.75, 3.05) is 6.61 Å². The molecule has 0 aromatic heterocycles. The predicted molar refractivity (Wildman–Crippen MR) is 106 cm³/mol. The summed E-state index contributed by atoms with van der Waals surface area (Å²) in [6.45, 7) is 1.05. The van der Waals surface area contributed by atoms with Gasteiger partial charge in [0.25, 0.3) is 0 Å². The molecule has 0 amide bonds. The molecule has 0 aliphatic rings. The Morgan fingerprint density at radius 2 is 1.43 bits per heavy atom. The SMILES string of the molecule is CCC(O)(C(O)CO)C(O)C(O)C(Cc1ccccc1)OCc1ccccc1. The number of aliphatic hydroxyl groups excluding tert-OH is 4. The Balaban J connectivity index is 2.20. The van der Waals surface area contributed by atoms with E-state index in [0.717, 1.165) is 11.1 Å². The third-order valence-corrected chi connectivity index (χ3v) is 5.12. The van der Waals surface area contributed by atoms with Gasteiger partial charge in [-0.05, 0) is 17.5 Å². The predicted octanol–water partition coefficient (Wildman–Crippen LogP) is 1.03.